The number of esters is 1. The van der Waals surface area contributed by atoms with Crippen LogP contribution in [0.15, 0.2) is 29.8 Å². The lowest BCUT2D eigenvalue weighted by Gasteiger charge is -2.33. The van der Waals surface area contributed by atoms with E-state index in [1.807, 2.05) is 13.0 Å². The molecular weight excluding hydrogens is 320 g/mol. The van der Waals surface area contributed by atoms with Crippen LogP contribution in [0.25, 0.3) is 6.08 Å². The zero-order valence-electron chi connectivity index (χ0n) is 14.5. The van der Waals surface area contributed by atoms with Crippen LogP contribution in [0.4, 0.5) is 0 Å². The van der Waals surface area contributed by atoms with E-state index in [0.29, 0.717) is 17.9 Å². The Labute approximate surface area is 147 Å². The highest BCUT2D eigenvalue weighted by Gasteiger charge is 2.24. The zero-order chi connectivity index (χ0) is 18.2. The first-order valence-corrected chi connectivity index (χ1v) is 8.27. The molecule has 0 saturated carbocycles. The average Bonchev–Trinajstić information content (AvgIpc) is 2.64. The highest BCUT2D eigenvalue weighted by Crippen LogP contribution is 2.17. The number of amides is 1. The van der Waals surface area contributed by atoms with Gasteiger partial charge in [-0.3, -0.25) is 4.79 Å². The molecule has 1 aromatic rings. The Hall–Kier alpha value is -2.81. The molecule has 0 N–H and O–H groups in total. The molecule has 1 amide bonds. The average molecular weight is 342 g/mol. The van der Waals surface area contributed by atoms with E-state index in [4.69, 9.17) is 9.47 Å². The van der Waals surface area contributed by atoms with Gasteiger partial charge in [0, 0.05) is 12.6 Å². The van der Waals surface area contributed by atoms with Gasteiger partial charge in [-0.15, -0.1) is 0 Å². The first-order valence-electron chi connectivity index (χ1n) is 8.27. The fraction of sp³-hybridized carbons (Fsp3) is 0.421. The summed E-state index contributed by atoms with van der Waals surface area (Å²) in [5.41, 5.74) is 0.523. The monoisotopic (exact) mass is 342 g/mol. The van der Waals surface area contributed by atoms with Crippen molar-refractivity contribution in [1.82, 2.24) is 4.90 Å². The lowest BCUT2D eigenvalue weighted by Crippen LogP contribution is -2.44. The minimum atomic E-state index is -0.795. The van der Waals surface area contributed by atoms with Crippen LogP contribution in [0.2, 0.25) is 0 Å². The van der Waals surface area contributed by atoms with E-state index >= 15 is 0 Å². The molecule has 0 radical (unpaired) electrons. The second kappa shape index (κ2) is 8.88. The van der Waals surface area contributed by atoms with Crippen LogP contribution in [0.3, 0.4) is 0 Å². The van der Waals surface area contributed by atoms with E-state index < -0.39 is 5.97 Å². The van der Waals surface area contributed by atoms with Crippen LogP contribution in [0.5, 0.6) is 5.75 Å². The highest BCUT2D eigenvalue weighted by molar-refractivity contribution is 5.98. The number of likely N-dealkylation sites (tertiary alicyclic amines) is 1. The standard InChI is InChI=1S/C19H22N2O4/c1-14-5-3-4-10-21(14)18(22)13-25-19(23)16(12-20)11-15-6-8-17(24-2)9-7-15/h6-9,11,14H,3-5,10,13H2,1-2H3/b16-11+/t14-/m0/s1. The summed E-state index contributed by atoms with van der Waals surface area (Å²) in [4.78, 5) is 26.0. The molecule has 0 aliphatic carbocycles. The molecule has 6 heteroatoms. The number of carbonyl (C=O) groups is 2. The number of nitriles is 1. The maximum atomic E-state index is 12.2. The Morgan fingerprint density at radius 2 is 2.04 bits per heavy atom. The molecule has 0 bridgehead atoms. The Bertz CT molecular complexity index is 688. The van der Waals surface area contributed by atoms with Crippen LogP contribution in [0, 0.1) is 11.3 Å². The van der Waals surface area contributed by atoms with Crippen LogP contribution < -0.4 is 4.74 Å². The van der Waals surface area contributed by atoms with Gasteiger partial charge in [0.25, 0.3) is 5.91 Å². The molecule has 6 nitrogen and oxygen atoms in total. The quantitative estimate of drug-likeness (QED) is 0.467. The summed E-state index contributed by atoms with van der Waals surface area (Å²) in [6.45, 7) is 2.33. The van der Waals surface area contributed by atoms with Gasteiger partial charge >= 0.3 is 5.97 Å². The normalized spacial score (nSPS) is 17.6. The zero-order valence-corrected chi connectivity index (χ0v) is 14.5. The van der Waals surface area contributed by atoms with E-state index in [1.54, 1.807) is 36.3 Å². The summed E-state index contributed by atoms with van der Waals surface area (Å²) < 4.78 is 10.1. The minimum Gasteiger partial charge on any atom is -0.497 e. The molecule has 1 aromatic carbocycles. The Kier molecular flexibility index (Phi) is 6.58. The fourth-order valence-corrected chi connectivity index (χ4v) is 2.76. The highest BCUT2D eigenvalue weighted by atomic mass is 16.5. The number of piperidine rings is 1. The van der Waals surface area contributed by atoms with Crippen LogP contribution in [-0.4, -0.2) is 43.1 Å². The summed E-state index contributed by atoms with van der Waals surface area (Å²) >= 11 is 0. The largest absolute Gasteiger partial charge is 0.497 e. The third-order valence-corrected chi connectivity index (χ3v) is 4.22. The lowest BCUT2D eigenvalue weighted by molar-refractivity contribution is -0.150. The Morgan fingerprint density at radius 1 is 1.32 bits per heavy atom. The van der Waals surface area contributed by atoms with Crippen molar-refractivity contribution in [1.29, 1.82) is 5.26 Å². The van der Waals surface area contributed by atoms with E-state index in [-0.39, 0.29) is 24.1 Å². The fourth-order valence-electron chi connectivity index (χ4n) is 2.76. The van der Waals surface area contributed by atoms with Gasteiger partial charge in [0.15, 0.2) is 6.61 Å². The first kappa shape index (κ1) is 18.5. The molecule has 0 unspecified atom stereocenters. The molecule has 132 valence electrons. The molecule has 1 fully saturated rings. The van der Waals surface area contributed by atoms with Crippen molar-refractivity contribution in [3.05, 3.63) is 35.4 Å². The number of benzene rings is 1. The van der Waals surface area contributed by atoms with Crippen molar-refractivity contribution in [2.45, 2.75) is 32.2 Å². The van der Waals surface area contributed by atoms with Gasteiger partial charge in [-0.25, -0.2) is 4.79 Å². The Balaban J connectivity index is 1.96. The molecule has 0 spiro atoms. The third-order valence-electron chi connectivity index (χ3n) is 4.22. The summed E-state index contributed by atoms with van der Waals surface area (Å²) in [6.07, 6.45) is 4.45. The minimum absolute atomic E-state index is 0.148. The summed E-state index contributed by atoms with van der Waals surface area (Å²) in [5.74, 6) is -0.335. The molecule has 0 aromatic heterocycles. The van der Waals surface area contributed by atoms with Crippen molar-refractivity contribution in [2.75, 3.05) is 20.3 Å². The number of methoxy groups -OCH3 is 1. The molecule has 1 saturated heterocycles. The number of carbonyl (C=O) groups excluding carboxylic acids is 2. The second-order valence-corrected chi connectivity index (χ2v) is 5.95. The molecule has 1 aliphatic rings. The van der Waals surface area contributed by atoms with Crippen molar-refractivity contribution in [2.24, 2.45) is 0 Å². The van der Waals surface area contributed by atoms with Crippen molar-refractivity contribution < 1.29 is 19.1 Å². The molecule has 1 atom stereocenters. The molecule has 25 heavy (non-hydrogen) atoms. The molecule has 1 aliphatic heterocycles. The second-order valence-electron chi connectivity index (χ2n) is 5.95. The van der Waals surface area contributed by atoms with Crippen molar-refractivity contribution in [3.8, 4) is 11.8 Å². The van der Waals surface area contributed by atoms with Gasteiger partial charge in [0.05, 0.1) is 7.11 Å². The van der Waals surface area contributed by atoms with Crippen molar-refractivity contribution >= 4 is 18.0 Å². The molecule has 1 heterocycles. The maximum absolute atomic E-state index is 12.2. The van der Waals surface area contributed by atoms with Gasteiger partial charge in [-0.2, -0.15) is 5.26 Å². The summed E-state index contributed by atoms with van der Waals surface area (Å²) in [6, 6.07) is 8.89. The van der Waals surface area contributed by atoms with E-state index in [1.165, 1.54) is 6.08 Å². The number of ether oxygens (including phenoxy) is 2. The summed E-state index contributed by atoms with van der Waals surface area (Å²) in [5, 5.41) is 9.18. The van der Waals surface area contributed by atoms with E-state index in [0.717, 1.165) is 19.3 Å². The number of rotatable bonds is 5. The smallest absolute Gasteiger partial charge is 0.349 e. The molecular formula is C19H22N2O4. The SMILES string of the molecule is COc1ccc(/C=C(\C#N)C(=O)OCC(=O)N2CCCC[C@@H]2C)cc1. The number of hydrogen-bond acceptors (Lipinski definition) is 5. The van der Waals surface area contributed by atoms with Gasteiger partial charge in [-0.1, -0.05) is 12.1 Å². The van der Waals surface area contributed by atoms with Gasteiger partial charge in [0.1, 0.15) is 17.4 Å². The van der Waals surface area contributed by atoms with E-state index in [9.17, 15) is 14.9 Å². The number of nitrogens with zero attached hydrogens (tertiary/aromatic N) is 2. The third kappa shape index (κ3) is 5.08. The Morgan fingerprint density at radius 3 is 2.64 bits per heavy atom. The lowest BCUT2D eigenvalue weighted by atomic mass is 10.0. The van der Waals surface area contributed by atoms with Gasteiger partial charge in [-0.05, 0) is 50.0 Å². The van der Waals surface area contributed by atoms with Crippen LogP contribution in [0.1, 0.15) is 31.7 Å². The van der Waals surface area contributed by atoms with Crippen molar-refractivity contribution in [3.63, 3.8) is 0 Å². The van der Waals surface area contributed by atoms with Crippen LogP contribution >= 0.6 is 0 Å². The predicted octanol–water partition coefficient (Wildman–Crippen LogP) is 2.55. The number of hydrogen-bond donors (Lipinski definition) is 0. The molecule has 2 rings (SSSR count). The van der Waals surface area contributed by atoms with Crippen LogP contribution in [-0.2, 0) is 14.3 Å². The summed E-state index contributed by atoms with van der Waals surface area (Å²) in [7, 11) is 1.56. The van der Waals surface area contributed by atoms with E-state index in [2.05, 4.69) is 0 Å². The maximum Gasteiger partial charge on any atom is 0.349 e. The van der Waals surface area contributed by atoms with Gasteiger partial charge in [0.2, 0.25) is 0 Å². The first-order chi connectivity index (χ1) is 12.0. The van der Waals surface area contributed by atoms with Gasteiger partial charge < -0.3 is 14.4 Å². The predicted molar refractivity (Wildman–Crippen MR) is 92.6 cm³/mol. The topological polar surface area (TPSA) is 79.6 Å².